The van der Waals surface area contributed by atoms with Crippen molar-refractivity contribution in [2.24, 2.45) is 0 Å². The Balaban J connectivity index is 3.15. The van der Waals surface area contributed by atoms with E-state index in [0.29, 0.717) is 5.82 Å². The fraction of sp³-hybridized carbons (Fsp3) is 0.500. The summed E-state index contributed by atoms with van der Waals surface area (Å²) in [5, 5.41) is 16.6. The highest BCUT2D eigenvalue weighted by atomic mass is 16.5. The zero-order chi connectivity index (χ0) is 12.1. The van der Waals surface area contributed by atoms with Crippen molar-refractivity contribution < 1.29 is 14.6 Å². The van der Waals surface area contributed by atoms with Crippen molar-refractivity contribution in [3.63, 3.8) is 0 Å². The van der Waals surface area contributed by atoms with Gasteiger partial charge in [0.15, 0.2) is 5.82 Å². The van der Waals surface area contributed by atoms with Crippen molar-refractivity contribution in [2.45, 2.75) is 13.8 Å². The van der Waals surface area contributed by atoms with Crippen LogP contribution in [0.3, 0.4) is 0 Å². The molecule has 1 aromatic heterocycles. The van der Waals surface area contributed by atoms with E-state index in [1.807, 2.05) is 18.7 Å². The Morgan fingerprint density at radius 2 is 2.06 bits per heavy atom. The van der Waals surface area contributed by atoms with Crippen LogP contribution in [0.1, 0.15) is 24.2 Å². The zero-order valence-electron chi connectivity index (χ0n) is 9.60. The lowest BCUT2D eigenvalue weighted by Gasteiger charge is -2.19. The first-order valence-electron chi connectivity index (χ1n) is 5.03. The van der Waals surface area contributed by atoms with Crippen LogP contribution >= 0.6 is 0 Å². The molecule has 1 rings (SSSR count). The van der Waals surface area contributed by atoms with E-state index in [9.17, 15) is 4.79 Å². The number of nitrogens with zero attached hydrogens (tertiary/aromatic N) is 3. The third-order valence-electron chi connectivity index (χ3n) is 2.26. The number of rotatable bonds is 5. The van der Waals surface area contributed by atoms with Crippen molar-refractivity contribution in [3.05, 3.63) is 11.6 Å². The summed E-state index contributed by atoms with van der Waals surface area (Å²) in [6.45, 7) is 5.43. The standard InChI is InChI=1S/C10H15N3O3/c1-4-13(5-2)8-6-7(10(14)15)9(16-3)12-11-8/h6H,4-5H2,1-3H3,(H,14,15). The molecule has 0 atom stereocenters. The number of carboxylic acid groups (broad SMARTS) is 1. The number of aromatic carboxylic acids is 1. The van der Waals surface area contributed by atoms with Crippen LogP contribution in [0.25, 0.3) is 0 Å². The molecule has 0 saturated carbocycles. The molecule has 0 amide bonds. The molecule has 0 aliphatic rings. The number of hydrogen-bond donors (Lipinski definition) is 1. The number of carbonyl (C=O) groups is 1. The van der Waals surface area contributed by atoms with Gasteiger partial charge in [0.25, 0.3) is 0 Å². The molecule has 1 N–H and O–H groups in total. The van der Waals surface area contributed by atoms with Gasteiger partial charge in [0.1, 0.15) is 5.56 Å². The van der Waals surface area contributed by atoms with Crippen molar-refractivity contribution in [3.8, 4) is 5.88 Å². The van der Waals surface area contributed by atoms with Gasteiger partial charge >= 0.3 is 5.97 Å². The van der Waals surface area contributed by atoms with E-state index >= 15 is 0 Å². The molecule has 6 nitrogen and oxygen atoms in total. The molecular weight excluding hydrogens is 210 g/mol. The van der Waals surface area contributed by atoms with Crippen LogP contribution in [0.2, 0.25) is 0 Å². The molecule has 0 saturated heterocycles. The van der Waals surface area contributed by atoms with Gasteiger partial charge in [-0.15, -0.1) is 10.2 Å². The van der Waals surface area contributed by atoms with Gasteiger partial charge in [-0.25, -0.2) is 4.79 Å². The van der Waals surface area contributed by atoms with Crippen LogP contribution in [0, 0.1) is 0 Å². The lowest BCUT2D eigenvalue weighted by Crippen LogP contribution is -2.24. The Morgan fingerprint density at radius 3 is 2.50 bits per heavy atom. The SMILES string of the molecule is CCN(CC)c1cc(C(=O)O)c(OC)nn1. The molecule has 1 aromatic rings. The summed E-state index contributed by atoms with van der Waals surface area (Å²) in [5.74, 6) is -0.494. The molecule has 88 valence electrons. The van der Waals surface area contributed by atoms with Crippen molar-refractivity contribution in [1.82, 2.24) is 10.2 Å². The molecule has 6 heteroatoms. The molecule has 0 aromatic carbocycles. The lowest BCUT2D eigenvalue weighted by molar-refractivity contribution is 0.0692. The van der Waals surface area contributed by atoms with Gasteiger partial charge < -0.3 is 14.7 Å². The molecule has 0 spiro atoms. The van der Waals surface area contributed by atoms with Crippen LogP contribution in [-0.4, -0.2) is 41.5 Å². The summed E-state index contributed by atoms with van der Waals surface area (Å²) in [6.07, 6.45) is 0. The quantitative estimate of drug-likeness (QED) is 0.806. The number of carboxylic acids is 1. The minimum absolute atomic E-state index is 0.0272. The highest BCUT2D eigenvalue weighted by Crippen LogP contribution is 2.19. The van der Waals surface area contributed by atoms with Gasteiger partial charge in [0.05, 0.1) is 7.11 Å². The monoisotopic (exact) mass is 225 g/mol. The molecule has 1 heterocycles. The second-order valence-electron chi connectivity index (χ2n) is 3.10. The summed E-state index contributed by atoms with van der Waals surface area (Å²) in [7, 11) is 1.37. The maximum atomic E-state index is 11.0. The van der Waals surface area contributed by atoms with Gasteiger partial charge in [0, 0.05) is 19.2 Å². The number of anilines is 1. The van der Waals surface area contributed by atoms with E-state index in [1.165, 1.54) is 13.2 Å². The Morgan fingerprint density at radius 1 is 1.44 bits per heavy atom. The fourth-order valence-electron chi connectivity index (χ4n) is 1.38. The molecule has 0 radical (unpaired) electrons. The van der Waals surface area contributed by atoms with Crippen LogP contribution in [0.4, 0.5) is 5.82 Å². The van der Waals surface area contributed by atoms with Gasteiger partial charge in [-0.1, -0.05) is 0 Å². The molecule has 0 unspecified atom stereocenters. The summed E-state index contributed by atoms with van der Waals surface area (Å²) in [6, 6.07) is 1.47. The predicted molar refractivity (Wildman–Crippen MR) is 59.1 cm³/mol. The number of methoxy groups -OCH3 is 1. The largest absolute Gasteiger partial charge is 0.479 e. The number of aromatic nitrogens is 2. The molecule has 0 bridgehead atoms. The van der Waals surface area contributed by atoms with Gasteiger partial charge in [-0.05, 0) is 13.8 Å². The number of ether oxygens (including phenoxy) is 1. The first-order chi connectivity index (χ1) is 7.63. The normalized spacial score (nSPS) is 9.94. The summed E-state index contributed by atoms with van der Waals surface area (Å²) in [4.78, 5) is 12.9. The average molecular weight is 225 g/mol. The Kier molecular flexibility index (Phi) is 4.04. The second kappa shape index (κ2) is 5.29. The zero-order valence-corrected chi connectivity index (χ0v) is 9.60. The Bertz CT molecular complexity index is 378. The molecule has 0 aliphatic carbocycles. The molecule has 0 aliphatic heterocycles. The van der Waals surface area contributed by atoms with Crippen molar-refractivity contribution >= 4 is 11.8 Å². The molecule has 16 heavy (non-hydrogen) atoms. The van der Waals surface area contributed by atoms with Gasteiger partial charge in [0.2, 0.25) is 5.88 Å². The van der Waals surface area contributed by atoms with Gasteiger partial charge in [-0.2, -0.15) is 0 Å². The highest BCUT2D eigenvalue weighted by molar-refractivity contribution is 5.90. The van der Waals surface area contributed by atoms with Crippen molar-refractivity contribution in [2.75, 3.05) is 25.1 Å². The van der Waals surface area contributed by atoms with Crippen LogP contribution in [0.15, 0.2) is 6.07 Å². The minimum Gasteiger partial charge on any atom is -0.479 e. The van der Waals surface area contributed by atoms with Crippen LogP contribution in [-0.2, 0) is 0 Å². The Hall–Kier alpha value is -1.85. The highest BCUT2D eigenvalue weighted by Gasteiger charge is 2.16. The van der Waals surface area contributed by atoms with Crippen molar-refractivity contribution in [1.29, 1.82) is 0 Å². The summed E-state index contributed by atoms with van der Waals surface area (Å²) in [5.41, 5.74) is 0.0272. The molecule has 0 fully saturated rings. The molecular formula is C10H15N3O3. The maximum absolute atomic E-state index is 11.0. The predicted octanol–water partition coefficient (Wildman–Crippen LogP) is 1.03. The van der Waals surface area contributed by atoms with E-state index in [2.05, 4.69) is 10.2 Å². The van der Waals surface area contributed by atoms with E-state index in [-0.39, 0.29) is 11.4 Å². The van der Waals surface area contributed by atoms with E-state index in [0.717, 1.165) is 13.1 Å². The van der Waals surface area contributed by atoms with Gasteiger partial charge in [-0.3, -0.25) is 0 Å². The third-order valence-corrected chi connectivity index (χ3v) is 2.26. The topological polar surface area (TPSA) is 75.6 Å². The smallest absolute Gasteiger partial charge is 0.341 e. The maximum Gasteiger partial charge on any atom is 0.341 e. The average Bonchev–Trinajstić information content (AvgIpc) is 2.30. The van der Waals surface area contributed by atoms with E-state index in [1.54, 1.807) is 0 Å². The third kappa shape index (κ3) is 2.39. The fourth-order valence-corrected chi connectivity index (χ4v) is 1.38. The first kappa shape index (κ1) is 12.2. The Labute approximate surface area is 93.9 Å². The lowest BCUT2D eigenvalue weighted by atomic mass is 10.3. The van der Waals surface area contributed by atoms with Crippen LogP contribution in [0.5, 0.6) is 5.88 Å². The minimum atomic E-state index is -1.07. The second-order valence-corrected chi connectivity index (χ2v) is 3.10. The first-order valence-corrected chi connectivity index (χ1v) is 5.03. The summed E-state index contributed by atoms with van der Waals surface area (Å²) < 4.78 is 4.84. The van der Waals surface area contributed by atoms with E-state index in [4.69, 9.17) is 9.84 Å². The van der Waals surface area contributed by atoms with Crippen LogP contribution < -0.4 is 9.64 Å². The van der Waals surface area contributed by atoms with E-state index < -0.39 is 5.97 Å². The number of hydrogen-bond acceptors (Lipinski definition) is 5. The summed E-state index contributed by atoms with van der Waals surface area (Å²) >= 11 is 0.